The van der Waals surface area contributed by atoms with Crippen LogP contribution < -0.4 is 0 Å². The Bertz CT molecular complexity index is 251. The largest absolute Gasteiger partial charge is 0.329 e. The molecule has 3 nitrogen and oxygen atoms in total. The molecule has 108 valence electrons. The van der Waals surface area contributed by atoms with Gasteiger partial charge in [-0.2, -0.15) is 0 Å². The van der Waals surface area contributed by atoms with Crippen LogP contribution in [-0.4, -0.2) is 80.7 Å². The smallest absolute Gasteiger partial charge is 0.122 e. The highest BCUT2D eigenvalue weighted by molar-refractivity contribution is 7.10. The van der Waals surface area contributed by atoms with Gasteiger partial charge in [-0.15, -0.1) is 0 Å². The molecule has 0 aromatic heterocycles. The van der Waals surface area contributed by atoms with Crippen molar-refractivity contribution >= 4 is 24.7 Å². The van der Waals surface area contributed by atoms with E-state index in [0.717, 1.165) is 0 Å². The second-order valence-electron chi connectivity index (χ2n) is 7.70. The zero-order valence-electron chi connectivity index (χ0n) is 14.0. The summed E-state index contributed by atoms with van der Waals surface area (Å²) in [5.74, 6) is 0. The summed E-state index contributed by atoms with van der Waals surface area (Å²) in [5, 5.41) is 0. The van der Waals surface area contributed by atoms with Crippen LogP contribution in [0.4, 0.5) is 0 Å². The third-order valence-corrected chi connectivity index (χ3v) is 30.3. The van der Waals surface area contributed by atoms with Crippen LogP contribution in [0.25, 0.3) is 0 Å². The Morgan fingerprint density at radius 2 is 0.667 bits per heavy atom. The zero-order chi connectivity index (χ0) is 14.4. The van der Waals surface area contributed by atoms with Crippen molar-refractivity contribution in [1.82, 2.24) is 13.7 Å². The van der Waals surface area contributed by atoms with Crippen LogP contribution in [0.1, 0.15) is 0 Å². The van der Waals surface area contributed by atoms with E-state index in [1.807, 2.05) is 0 Å². The Morgan fingerprint density at radius 1 is 0.500 bits per heavy atom. The van der Waals surface area contributed by atoms with Crippen molar-refractivity contribution in [3.8, 4) is 0 Å². The molecule has 0 aromatic rings. The summed E-state index contributed by atoms with van der Waals surface area (Å²) in [6.45, 7) is 7.86. The molecular formula is C12H33N3Si3. The predicted molar refractivity (Wildman–Crippen MR) is 90.3 cm³/mol. The topological polar surface area (TPSA) is 9.72 Å². The molecule has 18 heavy (non-hydrogen) atoms. The Hall–Kier alpha value is 0.531. The van der Waals surface area contributed by atoms with E-state index in [1.54, 1.807) is 0 Å². The molecule has 1 saturated heterocycles. The van der Waals surface area contributed by atoms with Crippen LogP contribution in [-0.2, 0) is 0 Å². The van der Waals surface area contributed by atoms with Crippen LogP contribution in [0.5, 0.6) is 0 Å². The van der Waals surface area contributed by atoms with Crippen LogP contribution in [0, 0.1) is 0 Å². The standard InChI is InChI=1S/C12H33N3Si3/c1-13(2)16(7)10-17(8,14(3)4)12-18(9,11-16)15(5)6/h10-12H2,1-9H3. The van der Waals surface area contributed by atoms with E-state index in [9.17, 15) is 0 Å². The highest BCUT2D eigenvalue weighted by atomic mass is 28.5. The van der Waals surface area contributed by atoms with E-state index in [0.29, 0.717) is 0 Å². The molecule has 1 fully saturated rings. The Labute approximate surface area is 117 Å². The summed E-state index contributed by atoms with van der Waals surface area (Å²) in [6.07, 6.45) is 0. The van der Waals surface area contributed by atoms with Crippen LogP contribution in [0.3, 0.4) is 0 Å². The molecule has 1 rings (SSSR count). The van der Waals surface area contributed by atoms with Gasteiger partial charge in [0.1, 0.15) is 24.7 Å². The van der Waals surface area contributed by atoms with E-state index in [-0.39, 0.29) is 0 Å². The van der Waals surface area contributed by atoms with Gasteiger partial charge in [0.05, 0.1) is 0 Å². The van der Waals surface area contributed by atoms with Gasteiger partial charge < -0.3 is 13.7 Å². The fourth-order valence-electron chi connectivity index (χ4n) is 3.60. The molecule has 0 radical (unpaired) electrons. The van der Waals surface area contributed by atoms with Gasteiger partial charge in [0.2, 0.25) is 0 Å². The maximum atomic E-state index is 2.62. The average Bonchev–Trinajstić information content (AvgIpc) is 2.14. The normalized spacial score (nSPS) is 42.0. The van der Waals surface area contributed by atoms with Crippen molar-refractivity contribution in [3.05, 3.63) is 0 Å². The van der Waals surface area contributed by atoms with Crippen molar-refractivity contribution < 1.29 is 0 Å². The lowest BCUT2D eigenvalue weighted by atomic mass is 11.3. The average molecular weight is 304 g/mol. The van der Waals surface area contributed by atoms with Gasteiger partial charge in [-0.25, -0.2) is 0 Å². The summed E-state index contributed by atoms with van der Waals surface area (Å²) in [7, 11) is 10.2. The third-order valence-electron chi connectivity index (χ3n) is 5.52. The summed E-state index contributed by atoms with van der Waals surface area (Å²) < 4.78 is 7.86. The molecule has 1 aliphatic heterocycles. The minimum Gasteiger partial charge on any atom is -0.329 e. The Balaban J connectivity index is 3.16. The fraction of sp³-hybridized carbons (Fsp3) is 1.00. The molecule has 0 saturated carbocycles. The second kappa shape index (κ2) is 5.14. The number of hydrogen-bond donors (Lipinski definition) is 0. The first-order chi connectivity index (χ1) is 7.95. The Morgan fingerprint density at radius 3 is 0.778 bits per heavy atom. The molecule has 0 spiro atoms. The quantitative estimate of drug-likeness (QED) is 0.739. The monoisotopic (exact) mass is 303 g/mol. The van der Waals surface area contributed by atoms with Gasteiger partial charge in [0, 0.05) is 0 Å². The maximum Gasteiger partial charge on any atom is 0.122 e. The van der Waals surface area contributed by atoms with Crippen molar-refractivity contribution in [2.24, 2.45) is 0 Å². The summed E-state index contributed by atoms with van der Waals surface area (Å²) in [5.41, 5.74) is 4.61. The van der Waals surface area contributed by atoms with Crippen molar-refractivity contribution in [2.45, 2.75) is 36.6 Å². The molecule has 0 bridgehead atoms. The van der Waals surface area contributed by atoms with Crippen molar-refractivity contribution in [2.75, 3.05) is 42.3 Å². The van der Waals surface area contributed by atoms with E-state index in [1.165, 1.54) is 17.0 Å². The van der Waals surface area contributed by atoms with E-state index >= 15 is 0 Å². The molecule has 0 unspecified atom stereocenters. The lowest BCUT2D eigenvalue weighted by Crippen LogP contribution is -2.71. The van der Waals surface area contributed by atoms with E-state index in [2.05, 4.69) is 75.6 Å². The molecule has 0 aliphatic carbocycles. The van der Waals surface area contributed by atoms with Gasteiger partial charge >= 0.3 is 0 Å². The predicted octanol–water partition coefficient (Wildman–Crippen LogP) is 2.03. The molecular weight excluding hydrogens is 270 g/mol. The molecule has 0 aromatic carbocycles. The van der Waals surface area contributed by atoms with Gasteiger partial charge in [0.25, 0.3) is 0 Å². The Kier molecular flexibility index (Phi) is 4.74. The van der Waals surface area contributed by atoms with Crippen molar-refractivity contribution in [3.63, 3.8) is 0 Å². The van der Waals surface area contributed by atoms with Crippen LogP contribution >= 0.6 is 0 Å². The lowest BCUT2D eigenvalue weighted by Gasteiger charge is -2.56. The van der Waals surface area contributed by atoms with E-state index < -0.39 is 24.7 Å². The summed E-state index contributed by atoms with van der Waals surface area (Å²) >= 11 is 0. The highest BCUT2D eigenvalue weighted by Gasteiger charge is 2.55. The first-order valence-electron chi connectivity index (χ1n) is 6.98. The fourth-order valence-corrected chi connectivity index (χ4v) is 35.8. The molecule has 0 amide bonds. The second-order valence-corrected chi connectivity index (χ2v) is 23.6. The first-order valence-corrected chi connectivity index (χ1v) is 15.6. The molecule has 1 aliphatic rings. The van der Waals surface area contributed by atoms with Gasteiger partial charge in [-0.1, -0.05) is 19.6 Å². The summed E-state index contributed by atoms with van der Waals surface area (Å²) in [4.78, 5) is 0. The van der Waals surface area contributed by atoms with Crippen LogP contribution in [0.15, 0.2) is 0 Å². The number of rotatable bonds is 3. The maximum absolute atomic E-state index is 2.62. The lowest BCUT2D eigenvalue weighted by molar-refractivity contribution is 0.571. The highest BCUT2D eigenvalue weighted by Crippen LogP contribution is 2.42. The molecule has 0 atom stereocenters. The van der Waals surface area contributed by atoms with Gasteiger partial charge in [-0.3, -0.25) is 0 Å². The SMILES string of the molecule is CN(C)[Si]1(C)C[Si](C)(N(C)C)C[Si](C)(N(C)C)C1. The number of hydrogen-bond acceptors (Lipinski definition) is 3. The van der Waals surface area contributed by atoms with Gasteiger partial charge in [-0.05, 0) is 59.3 Å². The zero-order valence-corrected chi connectivity index (χ0v) is 17.0. The minimum absolute atomic E-state index is 1.24. The van der Waals surface area contributed by atoms with Gasteiger partial charge in [0.15, 0.2) is 0 Å². The van der Waals surface area contributed by atoms with Crippen molar-refractivity contribution in [1.29, 1.82) is 0 Å². The number of nitrogens with zero attached hydrogens (tertiary/aromatic N) is 3. The molecule has 6 heteroatoms. The third kappa shape index (κ3) is 2.99. The van der Waals surface area contributed by atoms with Crippen LogP contribution in [0.2, 0.25) is 36.6 Å². The molecule has 1 heterocycles. The minimum atomic E-state index is -1.24. The van der Waals surface area contributed by atoms with E-state index in [4.69, 9.17) is 0 Å². The summed E-state index contributed by atoms with van der Waals surface area (Å²) in [6, 6.07) is 0. The first kappa shape index (κ1) is 16.6. The molecule has 0 N–H and O–H groups in total.